The lowest BCUT2D eigenvalue weighted by molar-refractivity contribution is -0.114. The van der Waals surface area contributed by atoms with Crippen LogP contribution in [0.3, 0.4) is 0 Å². The molecular weight excluding hydrogens is 364 g/mol. The normalized spacial score (nSPS) is 24.1. The molecule has 1 aromatic rings. The van der Waals surface area contributed by atoms with Gasteiger partial charge >= 0.3 is 0 Å². The minimum Gasteiger partial charge on any atom is -0.492 e. The van der Waals surface area contributed by atoms with Gasteiger partial charge in [-0.1, -0.05) is 18.7 Å². The fourth-order valence-electron chi connectivity index (χ4n) is 3.91. The molecule has 0 radical (unpaired) electrons. The number of nitrogens with zero attached hydrogens (tertiary/aromatic N) is 1. The topological polar surface area (TPSA) is 49.8 Å². The number of halogens is 2. The van der Waals surface area contributed by atoms with Crippen LogP contribution in [0.25, 0.3) is 6.08 Å². The zero-order chi connectivity index (χ0) is 20.3. The number of fused-ring (bicyclic) bond motifs is 1. The molecule has 4 nitrogen and oxygen atoms in total. The van der Waals surface area contributed by atoms with Gasteiger partial charge in [0.05, 0.1) is 18.9 Å². The van der Waals surface area contributed by atoms with E-state index in [9.17, 15) is 14.3 Å². The lowest BCUT2D eigenvalue weighted by Crippen LogP contribution is -2.33. The van der Waals surface area contributed by atoms with Crippen molar-refractivity contribution in [1.29, 1.82) is 0 Å². The first-order valence-corrected chi connectivity index (χ1v) is 9.76. The average Bonchev–Trinajstić information content (AvgIpc) is 3.17. The quantitative estimate of drug-likeness (QED) is 0.740. The molecule has 0 atom stereocenters. The average molecular weight is 391 g/mol. The number of aliphatic hydroxyl groups excluding tert-OH is 1. The number of aliphatic hydroxyl groups is 1. The van der Waals surface area contributed by atoms with E-state index in [1.807, 2.05) is 12.2 Å². The number of carbonyl (C=O) groups is 1. The first-order valence-electron chi connectivity index (χ1n) is 9.76. The van der Waals surface area contributed by atoms with Crippen LogP contribution in [0.4, 0.5) is 14.5 Å². The van der Waals surface area contributed by atoms with Crippen LogP contribution in [0.1, 0.15) is 43.7 Å². The molecule has 2 aliphatic rings. The van der Waals surface area contributed by atoms with Crippen LogP contribution >= 0.6 is 0 Å². The molecule has 28 heavy (non-hydrogen) atoms. The van der Waals surface area contributed by atoms with E-state index in [1.54, 1.807) is 13.0 Å². The molecule has 1 saturated carbocycles. The number of amides is 1. The van der Waals surface area contributed by atoms with Gasteiger partial charge in [-0.25, -0.2) is 8.78 Å². The highest BCUT2D eigenvalue weighted by molar-refractivity contribution is 6.01. The van der Waals surface area contributed by atoms with E-state index in [1.165, 1.54) is 4.90 Å². The van der Waals surface area contributed by atoms with Gasteiger partial charge in [-0.2, -0.15) is 0 Å². The Hall–Kier alpha value is -2.21. The highest BCUT2D eigenvalue weighted by Crippen LogP contribution is 2.40. The maximum absolute atomic E-state index is 15.0. The van der Waals surface area contributed by atoms with Crippen LogP contribution in [-0.4, -0.2) is 36.4 Å². The summed E-state index contributed by atoms with van der Waals surface area (Å²) in [6.07, 6.45) is 8.04. The van der Waals surface area contributed by atoms with Crippen molar-refractivity contribution >= 4 is 17.7 Å². The predicted octanol–water partition coefficient (Wildman–Crippen LogP) is 4.20. The highest BCUT2D eigenvalue weighted by atomic mass is 19.1. The fourth-order valence-corrected chi connectivity index (χ4v) is 3.91. The van der Waals surface area contributed by atoms with Gasteiger partial charge in [0.15, 0.2) is 5.82 Å². The van der Waals surface area contributed by atoms with E-state index in [0.29, 0.717) is 42.7 Å². The van der Waals surface area contributed by atoms with Crippen molar-refractivity contribution in [2.45, 2.75) is 44.7 Å². The minimum absolute atomic E-state index is 0.0255. The zero-order valence-corrected chi connectivity index (χ0v) is 16.2. The molecule has 1 aromatic carbocycles. The summed E-state index contributed by atoms with van der Waals surface area (Å²) in [7, 11) is 0. The first-order chi connectivity index (χ1) is 13.4. The Kier molecular flexibility index (Phi) is 6.18. The van der Waals surface area contributed by atoms with E-state index in [4.69, 9.17) is 4.74 Å². The number of hydrogen-bond donors (Lipinski definition) is 1. The number of anilines is 1. The van der Waals surface area contributed by atoms with Crippen LogP contribution in [0.15, 0.2) is 24.8 Å². The monoisotopic (exact) mass is 391 g/mol. The second-order valence-electron chi connectivity index (χ2n) is 7.73. The molecule has 3 rings (SSSR count). The van der Waals surface area contributed by atoms with Crippen molar-refractivity contribution in [2.24, 2.45) is 5.92 Å². The molecule has 0 bridgehead atoms. The van der Waals surface area contributed by atoms with Gasteiger partial charge in [0.1, 0.15) is 11.4 Å². The molecule has 6 heteroatoms. The maximum atomic E-state index is 15.0. The van der Waals surface area contributed by atoms with Crippen molar-refractivity contribution in [3.05, 3.63) is 41.7 Å². The Balaban J connectivity index is 1.93. The van der Waals surface area contributed by atoms with Crippen molar-refractivity contribution in [2.75, 3.05) is 24.7 Å². The van der Waals surface area contributed by atoms with Crippen LogP contribution in [0, 0.1) is 11.7 Å². The summed E-state index contributed by atoms with van der Waals surface area (Å²) in [6.45, 7) is 5.17. The summed E-state index contributed by atoms with van der Waals surface area (Å²) in [6, 6.07) is 1.58. The Morgan fingerprint density at radius 1 is 1.46 bits per heavy atom. The second kappa shape index (κ2) is 8.43. The van der Waals surface area contributed by atoms with Crippen LogP contribution < -0.4 is 9.64 Å². The van der Waals surface area contributed by atoms with Gasteiger partial charge in [0, 0.05) is 24.1 Å². The van der Waals surface area contributed by atoms with E-state index < -0.39 is 17.4 Å². The van der Waals surface area contributed by atoms with Gasteiger partial charge in [-0.15, -0.1) is 0 Å². The van der Waals surface area contributed by atoms with Gasteiger partial charge in [0.25, 0.3) is 5.91 Å². The second-order valence-corrected chi connectivity index (χ2v) is 7.73. The van der Waals surface area contributed by atoms with E-state index in [0.717, 1.165) is 18.9 Å². The van der Waals surface area contributed by atoms with Crippen molar-refractivity contribution < 1.29 is 23.4 Å². The number of alkyl halides is 1. The Morgan fingerprint density at radius 3 is 2.82 bits per heavy atom. The van der Waals surface area contributed by atoms with Crippen LogP contribution in [0.5, 0.6) is 5.75 Å². The summed E-state index contributed by atoms with van der Waals surface area (Å²) in [4.78, 5) is 13.4. The molecular formula is C22H27F2NO3. The molecule has 0 spiro atoms. The predicted molar refractivity (Wildman–Crippen MR) is 106 cm³/mol. The summed E-state index contributed by atoms with van der Waals surface area (Å²) in [5, 5.41) is 9.29. The number of benzene rings is 1. The number of rotatable bonds is 6. The smallest absolute Gasteiger partial charge is 0.250 e. The highest BCUT2D eigenvalue weighted by Gasteiger charge is 2.30. The molecule has 1 N–H and O–H groups in total. The number of carbonyl (C=O) groups excluding carboxylic acids is 1. The Labute approximate surface area is 164 Å². The van der Waals surface area contributed by atoms with Gasteiger partial charge in [-0.3, -0.25) is 4.79 Å². The molecule has 0 unspecified atom stereocenters. The van der Waals surface area contributed by atoms with Gasteiger partial charge in [-0.05, 0) is 50.7 Å². The molecule has 1 heterocycles. The third kappa shape index (κ3) is 4.27. The molecule has 0 saturated heterocycles. The third-order valence-electron chi connectivity index (χ3n) is 5.59. The van der Waals surface area contributed by atoms with Crippen molar-refractivity contribution in [3.8, 4) is 5.75 Å². The van der Waals surface area contributed by atoms with Crippen LogP contribution in [-0.2, 0) is 11.2 Å². The third-order valence-corrected chi connectivity index (χ3v) is 5.59. The van der Waals surface area contributed by atoms with E-state index in [-0.39, 0.29) is 24.8 Å². The number of ether oxygens (including phenoxy) is 1. The summed E-state index contributed by atoms with van der Waals surface area (Å²) in [5.41, 5.74) is 0.158. The van der Waals surface area contributed by atoms with Crippen molar-refractivity contribution in [1.82, 2.24) is 0 Å². The van der Waals surface area contributed by atoms with Gasteiger partial charge < -0.3 is 14.7 Å². The zero-order valence-electron chi connectivity index (χ0n) is 16.2. The lowest BCUT2D eigenvalue weighted by atomic mass is 9.81. The largest absolute Gasteiger partial charge is 0.492 e. The molecule has 1 aliphatic carbocycles. The SMILES string of the molecule is C=CC(=O)N(CCO)c1cc(/C=C/C2CCC(C)(F)CC2)c2c(c1F)CCO2. The number of hydrogen-bond acceptors (Lipinski definition) is 3. The standard InChI is InChI=1S/C22H27F2NO3/c1-3-19(27)25(11-12-26)18-14-16(21-17(20(18)23)8-13-28-21)5-4-15-6-9-22(2,24)10-7-15/h3-5,14-15,26H,1,6-13H2,2H3/b5-4+. The van der Waals surface area contributed by atoms with Crippen molar-refractivity contribution in [3.63, 3.8) is 0 Å². The number of allylic oxidation sites excluding steroid dienone is 1. The summed E-state index contributed by atoms with van der Waals surface area (Å²) < 4.78 is 34.7. The molecule has 1 amide bonds. The van der Waals surface area contributed by atoms with E-state index in [2.05, 4.69) is 6.58 Å². The molecule has 0 aromatic heterocycles. The Bertz CT molecular complexity index is 778. The molecule has 152 valence electrons. The molecule has 1 aliphatic heterocycles. The first kappa shape index (κ1) is 20.5. The lowest BCUT2D eigenvalue weighted by Gasteiger charge is -2.29. The Morgan fingerprint density at radius 2 is 2.18 bits per heavy atom. The summed E-state index contributed by atoms with van der Waals surface area (Å²) in [5.74, 6) is -0.216. The fraction of sp³-hybridized carbons (Fsp3) is 0.500. The van der Waals surface area contributed by atoms with Crippen LogP contribution in [0.2, 0.25) is 0 Å². The minimum atomic E-state index is -1.09. The van der Waals surface area contributed by atoms with Gasteiger partial charge in [0.2, 0.25) is 0 Å². The van der Waals surface area contributed by atoms with E-state index >= 15 is 4.39 Å². The molecule has 1 fully saturated rings. The maximum Gasteiger partial charge on any atom is 0.250 e. The summed E-state index contributed by atoms with van der Waals surface area (Å²) >= 11 is 0.